The molecule has 1 heterocycles. The van der Waals surface area contributed by atoms with Gasteiger partial charge in [-0.25, -0.2) is 0 Å². The number of hydrogen-bond donors (Lipinski definition) is 1. The highest BCUT2D eigenvalue weighted by molar-refractivity contribution is 4.90. The van der Waals surface area contributed by atoms with Crippen LogP contribution in [0.1, 0.15) is 39.0 Å². The number of methoxy groups -OCH3 is 1. The van der Waals surface area contributed by atoms with Gasteiger partial charge in [0, 0.05) is 25.8 Å². The second kappa shape index (κ2) is 6.17. The first kappa shape index (κ1) is 13.3. The highest BCUT2D eigenvalue weighted by Gasteiger charge is 2.32. The summed E-state index contributed by atoms with van der Waals surface area (Å²) in [7, 11) is 1.81. The molecule has 0 amide bonds. The summed E-state index contributed by atoms with van der Waals surface area (Å²) in [6, 6.07) is 1.05. The van der Waals surface area contributed by atoms with Crippen LogP contribution >= 0.6 is 0 Å². The average Bonchev–Trinajstić information content (AvgIpc) is 2.34. The number of rotatable bonds is 3. The molecule has 1 saturated carbocycles. The van der Waals surface area contributed by atoms with E-state index in [4.69, 9.17) is 10.5 Å². The first-order valence-corrected chi connectivity index (χ1v) is 7.19. The van der Waals surface area contributed by atoms with Crippen molar-refractivity contribution in [2.24, 2.45) is 17.6 Å². The van der Waals surface area contributed by atoms with Crippen LogP contribution in [0.5, 0.6) is 0 Å². The van der Waals surface area contributed by atoms with Gasteiger partial charge >= 0.3 is 0 Å². The molecule has 0 aromatic carbocycles. The van der Waals surface area contributed by atoms with Gasteiger partial charge in [-0.3, -0.25) is 4.90 Å². The fraction of sp³-hybridized carbons (Fsp3) is 1.00. The molecule has 0 aromatic rings. The smallest absolute Gasteiger partial charge is 0.0491 e. The van der Waals surface area contributed by atoms with Gasteiger partial charge in [0.2, 0.25) is 0 Å². The summed E-state index contributed by atoms with van der Waals surface area (Å²) in [5.74, 6) is 1.63. The normalized spacial score (nSPS) is 37.2. The minimum atomic E-state index is 0.408. The zero-order valence-corrected chi connectivity index (χ0v) is 11.4. The maximum atomic E-state index is 6.30. The number of piperidine rings is 1. The Labute approximate surface area is 106 Å². The highest BCUT2D eigenvalue weighted by Crippen LogP contribution is 2.29. The second-order valence-corrected chi connectivity index (χ2v) is 6.08. The molecule has 3 nitrogen and oxygen atoms in total. The van der Waals surface area contributed by atoms with Crippen molar-refractivity contribution < 1.29 is 4.74 Å². The maximum Gasteiger partial charge on any atom is 0.0491 e. The molecule has 0 bridgehead atoms. The van der Waals surface area contributed by atoms with Crippen molar-refractivity contribution in [2.45, 2.75) is 51.1 Å². The summed E-state index contributed by atoms with van der Waals surface area (Å²) in [6.07, 6.45) is 6.40. The van der Waals surface area contributed by atoms with Crippen LogP contribution in [0.3, 0.4) is 0 Å². The lowest BCUT2D eigenvalue weighted by atomic mass is 9.82. The molecule has 1 aliphatic heterocycles. The van der Waals surface area contributed by atoms with Gasteiger partial charge < -0.3 is 10.5 Å². The van der Waals surface area contributed by atoms with E-state index >= 15 is 0 Å². The average molecular weight is 240 g/mol. The summed E-state index contributed by atoms with van der Waals surface area (Å²) in [5, 5.41) is 0. The Balaban J connectivity index is 1.82. The molecule has 2 aliphatic rings. The van der Waals surface area contributed by atoms with E-state index in [1.54, 1.807) is 0 Å². The van der Waals surface area contributed by atoms with Crippen molar-refractivity contribution in [2.75, 3.05) is 26.8 Å². The van der Waals surface area contributed by atoms with Crippen LogP contribution in [0.2, 0.25) is 0 Å². The van der Waals surface area contributed by atoms with Crippen molar-refractivity contribution >= 4 is 0 Å². The van der Waals surface area contributed by atoms with Crippen LogP contribution in [-0.2, 0) is 4.74 Å². The fourth-order valence-corrected chi connectivity index (χ4v) is 3.48. The molecule has 0 radical (unpaired) electrons. The monoisotopic (exact) mass is 240 g/mol. The van der Waals surface area contributed by atoms with E-state index in [1.807, 2.05) is 7.11 Å². The molecule has 3 atom stereocenters. The lowest BCUT2D eigenvalue weighted by Gasteiger charge is -2.43. The number of ether oxygens (including phenoxy) is 1. The molecular weight excluding hydrogens is 212 g/mol. The molecule has 1 aliphatic carbocycles. The van der Waals surface area contributed by atoms with Gasteiger partial charge in [0.15, 0.2) is 0 Å². The quantitative estimate of drug-likeness (QED) is 0.818. The minimum Gasteiger partial charge on any atom is -0.384 e. The predicted molar refractivity (Wildman–Crippen MR) is 71.0 cm³/mol. The van der Waals surface area contributed by atoms with Gasteiger partial charge in [0.1, 0.15) is 0 Å². The number of hydrogen-bond acceptors (Lipinski definition) is 3. The van der Waals surface area contributed by atoms with Gasteiger partial charge in [0.25, 0.3) is 0 Å². The Morgan fingerprint density at radius 3 is 2.53 bits per heavy atom. The molecule has 2 fully saturated rings. The zero-order chi connectivity index (χ0) is 12.3. The lowest BCUT2D eigenvalue weighted by molar-refractivity contribution is 0.0532. The van der Waals surface area contributed by atoms with E-state index in [1.165, 1.54) is 45.2 Å². The zero-order valence-electron chi connectivity index (χ0n) is 11.4. The molecule has 0 aromatic heterocycles. The first-order valence-electron chi connectivity index (χ1n) is 7.19. The second-order valence-electron chi connectivity index (χ2n) is 6.08. The number of nitrogens with zero attached hydrogens (tertiary/aromatic N) is 1. The van der Waals surface area contributed by atoms with E-state index in [9.17, 15) is 0 Å². The van der Waals surface area contributed by atoms with Crippen molar-refractivity contribution in [3.63, 3.8) is 0 Å². The van der Waals surface area contributed by atoms with Crippen molar-refractivity contribution in [3.8, 4) is 0 Å². The molecule has 0 spiro atoms. The van der Waals surface area contributed by atoms with E-state index < -0.39 is 0 Å². The van der Waals surface area contributed by atoms with E-state index in [0.29, 0.717) is 12.1 Å². The van der Waals surface area contributed by atoms with Crippen LogP contribution < -0.4 is 5.73 Å². The summed E-state index contributed by atoms with van der Waals surface area (Å²) in [6.45, 7) is 5.75. The van der Waals surface area contributed by atoms with Crippen LogP contribution in [0.4, 0.5) is 0 Å². The van der Waals surface area contributed by atoms with Gasteiger partial charge in [-0.1, -0.05) is 6.92 Å². The number of nitrogens with two attached hydrogens (primary N) is 1. The third-order valence-electron chi connectivity index (χ3n) is 4.65. The van der Waals surface area contributed by atoms with E-state index in [-0.39, 0.29) is 0 Å². The molecule has 2 rings (SSSR count). The molecular formula is C14H28N2O. The first-order chi connectivity index (χ1) is 8.20. The Morgan fingerprint density at radius 1 is 1.18 bits per heavy atom. The topological polar surface area (TPSA) is 38.5 Å². The predicted octanol–water partition coefficient (Wildman–Crippen LogP) is 1.86. The largest absolute Gasteiger partial charge is 0.384 e. The van der Waals surface area contributed by atoms with Crippen molar-refractivity contribution in [3.05, 3.63) is 0 Å². The van der Waals surface area contributed by atoms with E-state index in [2.05, 4.69) is 11.8 Å². The molecule has 100 valence electrons. The van der Waals surface area contributed by atoms with Gasteiger partial charge in [0.05, 0.1) is 0 Å². The van der Waals surface area contributed by atoms with Crippen molar-refractivity contribution in [1.82, 2.24) is 4.90 Å². The lowest BCUT2D eigenvalue weighted by Crippen LogP contribution is -2.53. The van der Waals surface area contributed by atoms with Crippen molar-refractivity contribution in [1.29, 1.82) is 0 Å². The third kappa shape index (κ3) is 3.43. The third-order valence-corrected chi connectivity index (χ3v) is 4.65. The highest BCUT2D eigenvalue weighted by atomic mass is 16.5. The standard InChI is InChI=1S/C14H28N2O/c1-11-3-4-13(15)14(9-11)16-7-5-12(6-8-16)10-17-2/h11-14H,3-10,15H2,1-2H3. The fourth-order valence-electron chi connectivity index (χ4n) is 3.48. The Morgan fingerprint density at radius 2 is 1.88 bits per heavy atom. The Kier molecular flexibility index (Phi) is 4.83. The van der Waals surface area contributed by atoms with Crippen LogP contribution in [-0.4, -0.2) is 43.8 Å². The molecule has 2 N–H and O–H groups in total. The van der Waals surface area contributed by atoms with Crippen LogP contribution in [0.25, 0.3) is 0 Å². The maximum absolute atomic E-state index is 6.30. The molecule has 1 saturated heterocycles. The summed E-state index contributed by atoms with van der Waals surface area (Å²) >= 11 is 0. The molecule has 17 heavy (non-hydrogen) atoms. The summed E-state index contributed by atoms with van der Waals surface area (Å²) in [5.41, 5.74) is 6.30. The summed E-state index contributed by atoms with van der Waals surface area (Å²) in [4.78, 5) is 2.65. The number of likely N-dealkylation sites (tertiary alicyclic amines) is 1. The Hall–Kier alpha value is -0.120. The SMILES string of the molecule is COCC1CCN(C2CC(C)CCC2N)CC1. The summed E-state index contributed by atoms with van der Waals surface area (Å²) < 4.78 is 5.26. The Bertz CT molecular complexity index is 226. The minimum absolute atomic E-state index is 0.408. The van der Waals surface area contributed by atoms with Gasteiger partial charge in [-0.15, -0.1) is 0 Å². The van der Waals surface area contributed by atoms with Crippen LogP contribution in [0, 0.1) is 11.8 Å². The van der Waals surface area contributed by atoms with Gasteiger partial charge in [-0.2, -0.15) is 0 Å². The van der Waals surface area contributed by atoms with Crippen LogP contribution in [0.15, 0.2) is 0 Å². The van der Waals surface area contributed by atoms with Gasteiger partial charge in [-0.05, 0) is 57.0 Å². The molecule has 3 heteroatoms. The molecule has 3 unspecified atom stereocenters. The van der Waals surface area contributed by atoms with E-state index in [0.717, 1.165) is 18.4 Å².